The minimum atomic E-state index is -3.84. The molecular weight excluding hydrogens is 382 g/mol. The van der Waals surface area contributed by atoms with Crippen LogP contribution in [0.15, 0.2) is 53.4 Å². The number of halogens is 2. The zero-order chi connectivity index (χ0) is 19.2. The molecule has 0 aromatic heterocycles. The first-order valence-corrected chi connectivity index (χ1v) is 10.5. The van der Waals surface area contributed by atoms with Crippen molar-refractivity contribution in [3.8, 4) is 0 Å². The van der Waals surface area contributed by atoms with Crippen LogP contribution >= 0.6 is 11.8 Å². The molecule has 0 bridgehead atoms. The number of sulfonamides is 1. The molecule has 1 amide bonds. The lowest BCUT2D eigenvalue weighted by Gasteiger charge is -2.22. The summed E-state index contributed by atoms with van der Waals surface area (Å²) in [4.78, 5) is 13.1. The number of hydrogen-bond acceptors (Lipinski definition) is 4. The first-order valence-electron chi connectivity index (χ1n) is 7.64. The second-order valence-corrected chi connectivity index (χ2v) is 8.45. The fraction of sp³-hybridized carbons (Fsp3) is 0.235. The molecule has 26 heavy (non-hydrogen) atoms. The Kier molecular flexibility index (Phi) is 6.98. The van der Waals surface area contributed by atoms with E-state index in [9.17, 15) is 22.0 Å². The fourth-order valence-electron chi connectivity index (χ4n) is 2.10. The summed E-state index contributed by atoms with van der Waals surface area (Å²) in [7, 11) is -3.84. The Morgan fingerprint density at radius 1 is 1.12 bits per heavy atom. The minimum Gasteiger partial charge on any atom is -0.354 e. The Bertz CT molecular complexity index is 862. The summed E-state index contributed by atoms with van der Waals surface area (Å²) in [6.45, 7) is -0.173. The van der Waals surface area contributed by atoms with Gasteiger partial charge in [0, 0.05) is 23.3 Å². The number of anilines is 1. The smallest absolute Gasteiger partial charge is 0.240 e. The number of thioether (sulfide) groups is 1. The second kappa shape index (κ2) is 9.00. The maximum Gasteiger partial charge on any atom is 0.240 e. The largest absolute Gasteiger partial charge is 0.354 e. The number of hydrogen-bond donors (Lipinski definition) is 1. The highest BCUT2D eigenvalue weighted by molar-refractivity contribution is 7.99. The molecule has 0 saturated carbocycles. The molecule has 5 nitrogen and oxygen atoms in total. The van der Waals surface area contributed by atoms with Gasteiger partial charge < -0.3 is 5.32 Å². The molecule has 2 aromatic rings. The van der Waals surface area contributed by atoms with Gasteiger partial charge in [-0.2, -0.15) is 0 Å². The Morgan fingerprint density at radius 2 is 1.81 bits per heavy atom. The first kappa shape index (κ1) is 20.2. The van der Waals surface area contributed by atoms with Crippen molar-refractivity contribution in [3.05, 3.63) is 60.2 Å². The van der Waals surface area contributed by atoms with E-state index >= 15 is 0 Å². The topological polar surface area (TPSA) is 66.5 Å². The van der Waals surface area contributed by atoms with Crippen LogP contribution in [0, 0.1) is 11.6 Å². The van der Waals surface area contributed by atoms with Gasteiger partial charge in [-0.1, -0.05) is 18.2 Å². The van der Waals surface area contributed by atoms with Crippen LogP contribution in [0.25, 0.3) is 0 Å². The fourth-order valence-corrected chi connectivity index (χ4v) is 3.74. The molecule has 1 N–H and O–H groups in total. The molecule has 2 rings (SSSR count). The molecule has 140 valence electrons. The van der Waals surface area contributed by atoms with Gasteiger partial charge >= 0.3 is 0 Å². The van der Waals surface area contributed by atoms with Gasteiger partial charge in [-0.15, -0.1) is 11.8 Å². The van der Waals surface area contributed by atoms with E-state index in [4.69, 9.17) is 0 Å². The van der Waals surface area contributed by atoms with Crippen LogP contribution in [-0.4, -0.2) is 39.4 Å². The van der Waals surface area contributed by atoms with Gasteiger partial charge in [0.15, 0.2) is 11.6 Å². The van der Waals surface area contributed by atoms with E-state index in [2.05, 4.69) is 5.32 Å². The zero-order valence-electron chi connectivity index (χ0n) is 14.0. The number of rotatable bonds is 8. The Labute approximate surface area is 155 Å². The van der Waals surface area contributed by atoms with Gasteiger partial charge in [-0.25, -0.2) is 17.2 Å². The zero-order valence-corrected chi connectivity index (χ0v) is 15.6. The maximum absolute atomic E-state index is 13.4. The highest BCUT2D eigenvalue weighted by atomic mass is 32.2. The quantitative estimate of drug-likeness (QED) is 0.547. The number of carbonyl (C=O) groups is 1. The van der Waals surface area contributed by atoms with E-state index < -0.39 is 34.1 Å². The predicted octanol–water partition coefficient (Wildman–Crippen LogP) is 2.64. The van der Waals surface area contributed by atoms with Crippen molar-refractivity contribution in [1.82, 2.24) is 5.32 Å². The summed E-state index contributed by atoms with van der Waals surface area (Å²) in [5.41, 5.74) is -0.111. The lowest BCUT2D eigenvalue weighted by atomic mass is 10.3. The normalized spacial score (nSPS) is 11.2. The molecule has 0 radical (unpaired) electrons. The third-order valence-corrected chi connectivity index (χ3v) is 5.47. The number of carbonyl (C=O) groups excluding carboxylic acids is 1. The minimum absolute atomic E-state index is 0.111. The molecule has 0 atom stereocenters. The Morgan fingerprint density at radius 3 is 2.42 bits per heavy atom. The van der Waals surface area contributed by atoms with Crippen molar-refractivity contribution < 1.29 is 22.0 Å². The summed E-state index contributed by atoms with van der Waals surface area (Å²) in [5, 5.41) is 2.62. The van der Waals surface area contributed by atoms with Crippen LogP contribution in [0.4, 0.5) is 14.5 Å². The van der Waals surface area contributed by atoms with Crippen LogP contribution < -0.4 is 9.62 Å². The van der Waals surface area contributed by atoms with Crippen LogP contribution in [0.2, 0.25) is 0 Å². The lowest BCUT2D eigenvalue weighted by Crippen LogP contribution is -2.41. The van der Waals surface area contributed by atoms with Gasteiger partial charge in [0.1, 0.15) is 6.54 Å². The van der Waals surface area contributed by atoms with Crippen molar-refractivity contribution in [1.29, 1.82) is 0 Å². The molecule has 0 heterocycles. The average molecular weight is 400 g/mol. The molecule has 0 aliphatic heterocycles. The van der Waals surface area contributed by atoms with Gasteiger partial charge in [0.2, 0.25) is 15.9 Å². The SMILES string of the molecule is CS(=O)(=O)N(CC(=O)NCCSc1ccccc1)c1ccc(F)c(F)c1. The highest BCUT2D eigenvalue weighted by Gasteiger charge is 2.21. The molecule has 0 unspecified atom stereocenters. The number of nitrogens with zero attached hydrogens (tertiary/aromatic N) is 1. The number of amides is 1. The van der Waals surface area contributed by atoms with Gasteiger partial charge in [-0.3, -0.25) is 9.10 Å². The van der Waals surface area contributed by atoms with Crippen molar-refractivity contribution in [2.75, 3.05) is 29.4 Å². The van der Waals surface area contributed by atoms with Gasteiger partial charge in [-0.05, 0) is 24.3 Å². The standard InChI is InChI=1S/C17H18F2N2O3S2/c1-26(23,24)21(13-7-8-15(18)16(19)11-13)12-17(22)20-9-10-25-14-5-3-2-4-6-14/h2-8,11H,9-10,12H2,1H3,(H,20,22). The third-order valence-electron chi connectivity index (χ3n) is 3.31. The summed E-state index contributed by atoms with van der Waals surface area (Å²) in [5.74, 6) is -2.20. The van der Waals surface area contributed by atoms with Crippen molar-refractivity contribution >= 4 is 33.4 Å². The molecule has 0 aliphatic rings. The predicted molar refractivity (Wildman–Crippen MR) is 98.7 cm³/mol. The van der Waals surface area contributed by atoms with Crippen LogP contribution in [0.3, 0.4) is 0 Å². The van der Waals surface area contributed by atoms with Crippen LogP contribution in [0.1, 0.15) is 0 Å². The molecule has 0 spiro atoms. The van der Waals surface area contributed by atoms with E-state index in [1.807, 2.05) is 30.3 Å². The maximum atomic E-state index is 13.4. The Balaban J connectivity index is 1.93. The Hall–Kier alpha value is -2.13. The van der Waals surface area contributed by atoms with Crippen molar-refractivity contribution in [3.63, 3.8) is 0 Å². The first-order chi connectivity index (χ1) is 12.3. The van der Waals surface area contributed by atoms with E-state index in [0.29, 0.717) is 12.3 Å². The molecule has 2 aromatic carbocycles. The monoisotopic (exact) mass is 400 g/mol. The molecule has 0 fully saturated rings. The number of benzene rings is 2. The van der Waals surface area contributed by atoms with E-state index in [1.165, 1.54) is 0 Å². The summed E-state index contributed by atoms with van der Waals surface area (Å²) < 4.78 is 51.0. The molecular formula is C17H18F2N2O3S2. The second-order valence-electron chi connectivity index (χ2n) is 5.38. The van der Waals surface area contributed by atoms with E-state index in [1.54, 1.807) is 11.8 Å². The van der Waals surface area contributed by atoms with Crippen molar-refractivity contribution in [2.45, 2.75) is 4.90 Å². The third kappa shape index (κ3) is 5.99. The summed E-state index contributed by atoms with van der Waals surface area (Å²) in [6, 6.07) is 12.3. The van der Waals surface area contributed by atoms with E-state index in [0.717, 1.165) is 33.7 Å². The molecule has 0 aliphatic carbocycles. The van der Waals surface area contributed by atoms with Crippen LogP contribution in [0.5, 0.6) is 0 Å². The van der Waals surface area contributed by atoms with Gasteiger partial charge in [0.05, 0.1) is 11.9 Å². The highest BCUT2D eigenvalue weighted by Crippen LogP contribution is 2.20. The van der Waals surface area contributed by atoms with Gasteiger partial charge in [0.25, 0.3) is 0 Å². The average Bonchev–Trinajstić information content (AvgIpc) is 2.59. The summed E-state index contributed by atoms with van der Waals surface area (Å²) >= 11 is 1.55. The molecule has 9 heteroatoms. The summed E-state index contributed by atoms with van der Waals surface area (Å²) in [6.07, 6.45) is 0.896. The van der Waals surface area contributed by atoms with Crippen LogP contribution in [-0.2, 0) is 14.8 Å². The lowest BCUT2D eigenvalue weighted by molar-refractivity contribution is -0.119. The molecule has 0 saturated heterocycles. The number of nitrogens with one attached hydrogen (secondary N) is 1. The van der Waals surface area contributed by atoms with E-state index in [-0.39, 0.29) is 5.69 Å². The van der Waals surface area contributed by atoms with Crippen molar-refractivity contribution in [2.24, 2.45) is 0 Å².